The second-order valence-electron chi connectivity index (χ2n) is 9.18. The standard InChI is InChI=1S/C31H23N7O3/c32-28-22(7-4-16-33-28)29-37-24-13-12-23(20-5-2-1-3-6-20)36-30(24)38(29)21-10-8-19(9-11-21)17-34-31(41)25-14-15-27(40)26(18-39)35-25/h1-16,18,40H,17H2,(H2,32,33)(H,34,41). The lowest BCUT2D eigenvalue weighted by Gasteiger charge is -2.12. The van der Waals surface area contributed by atoms with Gasteiger partial charge in [-0.3, -0.25) is 14.2 Å². The van der Waals surface area contributed by atoms with Crippen LogP contribution in [-0.2, 0) is 6.54 Å². The number of hydrogen-bond donors (Lipinski definition) is 3. The van der Waals surface area contributed by atoms with E-state index in [2.05, 4.69) is 15.3 Å². The second kappa shape index (κ2) is 10.7. The van der Waals surface area contributed by atoms with Gasteiger partial charge in [0.25, 0.3) is 5.91 Å². The average Bonchev–Trinajstić information content (AvgIpc) is 3.39. The Bertz CT molecular complexity index is 1900. The van der Waals surface area contributed by atoms with E-state index in [9.17, 15) is 14.7 Å². The zero-order valence-electron chi connectivity index (χ0n) is 21.6. The Hall–Kier alpha value is -5.90. The van der Waals surface area contributed by atoms with Gasteiger partial charge in [0.15, 0.2) is 17.8 Å². The molecule has 6 aromatic rings. The molecule has 0 bridgehead atoms. The van der Waals surface area contributed by atoms with Gasteiger partial charge in [-0.2, -0.15) is 0 Å². The molecular formula is C31H23N7O3. The van der Waals surface area contributed by atoms with Gasteiger partial charge in [-0.05, 0) is 54.1 Å². The number of hydrogen-bond acceptors (Lipinski definition) is 8. The lowest BCUT2D eigenvalue weighted by molar-refractivity contribution is 0.0945. The van der Waals surface area contributed by atoms with Crippen LogP contribution in [0.3, 0.4) is 0 Å². The average molecular weight is 542 g/mol. The van der Waals surface area contributed by atoms with Crippen LogP contribution < -0.4 is 11.1 Å². The smallest absolute Gasteiger partial charge is 0.270 e. The van der Waals surface area contributed by atoms with E-state index in [1.807, 2.05) is 83.4 Å². The van der Waals surface area contributed by atoms with Crippen molar-refractivity contribution >= 4 is 29.2 Å². The Morgan fingerprint density at radius 3 is 2.46 bits per heavy atom. The Labute approximate surface area is 234 Å². The molecule has 0 spiro atoms. The van der Waals surface area contributed by atoms with E-state index in [0.717, 1.165) is 22.5 Å². The zero-order chi connectivity index (χ0) is 28.3. The van der Waals surface area contributed by atoms with Crippen molar-refractivity contribution in [2.75, 3.05) is 5.73 Å². The predicted molar refractivity (Wildman–Crippen MR) is 154 cm³/mol. The highest BCUT2D eigenvalue weighted by Gasteiger charge is 2.19. The molecule has 41 heavy (non-hydrogen) atoms. The summed E-state index contributed by atoms with van der Waals surface area (Å²) >= 11 is 0. The molecule has 0 atom stereocenters. The first-order valence-corrected chi connectivity index (χ1v) is 12.7. The van der Waals surface area contributed by atoms with E-state index in [1.54, 1.807) is 6.20 Å². The third kappa shape index (κ3) is 4.97. The van der Waals surface area contributed by atoms with Crippen molar-refractivity contribution in [2.24, 2.45) is 0 Å². The summed E-state index contributed by atoms with van der Waals surface area (Å²) in [6, 6.07) is 27.7. The van der Waals surface area contributed by atoms with Crippen LogP contribution in [0.5, 0.6) is 5.75 Å². The summed E-state index contributed by atoms with van der Waals surface area (Å²) in [5.41, 5.74) is 11.6. The van der Waals surface area contributed by atoms with Gasteiger partial charge in [0, 0.05) is 24.0 Å². The summed E-state index contributed by atoms with van der Waals surface area (Å²) in [4.78, 5) is 41.6. The maximum Gasteiger partial charge on any atom is 0.270 e. The van der Waals surface area contributed by atoms with Gasteiger partial charge in [-0.1, -0.05) is 42.5 Å². The molecule has 0 radical (unpaired) electrons. The molecule has 200 valence electrons. The minimum absolute atomic E-state index is 0.0328. The molecule has 6 rings (SSSR count). The molecule has 0 unspecified atom stereocenters. The van der Waals surface area contributed by atoms with Crippen molar-refractivity contribution in [3.63, 3.8) is 0 Å². The number of carbonyl (C=O) groups is 2. The minimum Gasteiger partial charge on any atom is -0.506 e. The summed E-state index contributed by atoms with van der Waals surface area (Å²) in [5.74, 6) is 0.211. The molecule has 4 aromatic heterocycles. The number of imidazole rings is 1. The Morgan fingerprint density at radius 2 is 1.71 bits per heavy atom. The number of fused-ring (bicyclic) bond motifs is 1. The first-order chi connectivity index (χ1) is 20.0. The van der Waals surface area contributed by atoms with Crippen molar-refractivity contribution in [1.82, 2.24) is 29.8 Å². The Balaban J connectivity index is 1.35. The van der Waals surface area contributed by atoms with E-state index in [4.69, 9.17) is 15.7 Å². The fourth-order valence-corrected chi connectivity index (χ4v) is 4.48. The number of aldehydes is 1. The maximum atomic E-state index is 12.6. The summed E-state index contributed by atoms with van der Waals surface area (Å²) in [6.07, 6.45) is 2.03. The molecule has 0 aliphatic rings. The number of nitrogens with two attached hydrogens (primary N) is 1. The number of aromatic nitrogens is 5. The van der Waals surface area contributed by atoms with Crippen molar-refractivity contribution in [3.05, 3.63) is 114 Å². The summed E-state index contributed by atoms with van der Waals surface area (Å²) < 4.78 is 1.94. The van der Waals surface area contributed by atoms with Crippen LogP contribution in [-0.4, -0.2) is 41.8 Å². The van der Waals surface area contributed by atoms with Crippen molar-refractivity contribution in [1.29, 1.82) is 0 Å². The molecule has 0 aliphatic heterocycles. The molecular weight excluding hydrogens is 518 g/mol. The van der Waals surface area contributed by atoms with Gasteiger partial charge in [0.2, 0.25) is 0 Å². The molecule has 4 heterocycles. The van der Waals surface area contributed by atoms with Crippen LogP contribution in [0.4, 0.5) is 5.82 Å². The van der Waals surface area contributed by atoms with Crippen LogP contribution in [0.15, 0.2) is 97.2 Å². The molecule has 1 amide bonds. The minimum atomic E-state index is -0.468. The number of benzene rings is 2. The molecule has 0 fully saturated rings. The van der Waals surface area contributed by atoms with Gasteiger partial charge in [0.05, 0.1) is 11.3 Å². The Kier molecular flexibility index (Phi) is 6.62. The number of pyridine rings is 3. The van der Waals surface area contributed by atoms with Gasteiger partial charge in [-0.15, -0.1) is 0 Å². The van der Waals surface area contributed by atoms with Gasteiger partial charge in [0.1, 0.15) is 28.5 Å². The van der Waals surface area contributed by atoms with Crippen molar-refractivity contribution in [2.45, 2.75) is 6.54 Å². The van der Waals surface area contributed by atoms with Gasteiger partial charge < -0.3 is 16.2 Å². The van der Waals surface area contributed by atoms with Crippen LogP contribution in [0.25, 0.3) is 39.5 Å². The highest BCUT2D eigenvalue weighted by Crippen LogP contribution is 2.31. The number of rotatable bonds is 7. The summed E-state index contributed by atoms with van der Waals surface area (Å²) in [5, 5.41) is 12.4. The predicted octanol–water partition coefficient (Wildman–Crippen LogP) is 4.57. The topological polar surface area (TPSA) is 149 Å². The summed E-state index contributed by atoms with van der Waals surface area (Å²) in [6.45, 7) is 0.224. The number of amides is 1. The van der Waals surface area contributed by atoms with Crippen molar-refractivity contribution in [3.8, 4) is 34.1 Å². The molecule has 0 saturated heterocycles. The van der Waals surface area contributed by atoms with E-state index >= 15 is 0 Å². The van der Waals surface area contributed by atoms with Crippen LogP contribution in [0, 0.1) is 0 Å². The number of nitrogen functional groups attached to an aromatic ring is 1. The molecule has 4 N–H and O–H groups in total. The SMILES string of the molecule is Nc1ncccc1-c1nc2ccc(-c3ccccc3)nc2n1-c1ccc(CNC(=O)c2ccc(O)c(C=O)n2)cc1. The molecule has 0 saturated carbocycles. The molecule has 10 nitrogen and oxygen atoms in total. The number of anilines is 1. The quantitative estimate of drug-likeness (QED) is 0.249. The molecule has 2 aromatic carbocycles. The number of carbonyl (C=O) groups excluding carboxylic acids is 2. The fraction of sp³-hybridized carbons (Fsp3) is 0.0323. The van der Waals surface area contributed by atoms with Crippen LogP contribution in [0.1, 0.15) is 26.5 Å². The third-order valence-electron chi connectivity index (χ3n) is 6.55. The van der Waals surface area contributed by atoms with Crippen LogP contribution in [0.2, 0.25) is 0 Å². The zero-order valence-corrected chi connectivity index (χ0v) is 21.6. The monoisotopic (exact) mass is 541 g/mol. The highest BCUT2D eigenvalue weighted by atomic mass is 16.3. The highest BCUT2D eigenvalue weighted by molar-refractivity contribution is 5.93. The third-order valence-corrected chi connectivity index (χ3v) is 6.55. The first kappa shape index (κ1) is 25.4. The van der Waals surface area contributed by atoms with Gasteiger partial charge >= 0.3 is 0 Å². The number of nitrogens with one attached hydrogen (secondary N) is 1. The largest absolute Gasteiger partial charge is 0.506 e. The molecule has 0 aliphatic carbocycles. The molecule has 10 heteroatoms. The lowest BCUT2D eigenvalue weighted by atomic mass is 10.1. The second-order valence-corrected chi connectivity index (χ2v) is 9.18. The number of aromatic hydroxyl groups is 1. The normalized spacial score (nSPS) is 10.9. The Morgan fingerprint density at radius 1 is 0.902 bits per heavy atom. The van der Waals surface area contributed by atoms with Gasteiger partial charge in [-0.25, -0.2) is 19.9 Å². The van der Waals surface area contributed by atoms with E-state index < -0.39 is 5.91 Å². The number of nitrogens with zero attached hydrogens (tertiary/aromatic N) is 5. The van der Waals surface area contributed by atoms with E-state index in [1.165, 1.54) is 12.1 Å². The fourth-order valence-electron chi connectivity index (χ4n) is 4.48. The first-order valence-electron chi connectivity index (χ1n) is 12.7. The van der Waals surface area contributed by atoms with Crippen molar-refractivity contribution < 1.29 is 14.7 Å². The van der Waals surface area contributed by atoms with Crippen LogP contribution >= 0.6 is 0 Å². The van der Waals surface area contributed by atoms with E-state index in [0.29, 0.717) is 34.7 Å². The van der Waals surface area contributed by atoms with E-state index in [-0.39, 0.29) is 23.7 Å². The summed E-state index contributed by atoms with van der Waals surface area (Å²) in [7, 11) is 0. The lowest BCUT2D eigenvalue weighted by Crippen LogP contribution is -2.24. The maximum absolute atomic E-state index is 12.6.